The van der Waals surface area contributed by atoms with Gasteiger partial charge in [-0.15, -0.1) is 0 Å². The molecule has 4 heteroatoms. The standard InChI is InChI=1S/C17H26BrNO2/c1-4-17(3)6-8-19(9-7-17)12-13-10-14(18)16(20)15(11-13)21-5-2/h10-11,20H,4-9,12H2,1-3H3. The monoisotopic (exact) mass is 355 g/mol. The summed E-state index contributed by atoms with van der Waals surface area (Å²) < 4.78 is 6.21. The van der Waals surface area contributed by atoms with Crippen LogP contribution in [0.25, 0.3) is 0 Å². The van der Waals surface area contributed by atoms with Crippen molar-refractivity contribution >= 4 is 15.9 Å². The molecule has 1 fully saturated rings. The van der Waals surface area contributed by atoms with E-state index >= 15 is 0 Å². The van der Waals surface area contributed by atoms with Gasteiger partial charge in [-0.25, -0.2) is 0 Å². The summed E-state index contributed by atoms with van der Waals surface area (Å²) in [7, 11) is 0. The molecule has 0 spiro atoms. The van der Waals surface area contributed by atoms with Crippen molar-refractivity contribution in [3.63, 3.8) is 0 Å². The summed E-state index contributed by atoms with van der Waals surface area (Å²) in [6.45, 7) is 10.4. The second-order valence-electron chi connectivity index (χ2n) is 6.30. The van der Waals surface area contributed by atoms with E-state index < -0.39 is 0 Å². The number of rotatable bonds is 5. The molecule has 118 valence electrons. The van der Waals surface area contributed by atoms with Gasteiger partial charge >= 0.3 is 0 Å². The fourth-order valence-electron chi connectivity index (χ4n) is 2.85. The maximum atomic E-state index is 9.97. The Hall–Kier alpha value is -0.740. The lowest BCUT2D eigenvalue weighted by molar-refractivity contribution is 0.109. The first-order valence-electron chi connectivity index (χ1n) is 7.84. The largest absolute Gasteiger partial charge is 0.503 e. The fraction of sp³-hybridized carbons (Fsp3) is 0.647. The van der Waals surface area contributed by atoms with Crippen molar-refractivity contribution in [3.05, 3.63) is 22.2 Å². The van der Waals surface area contributed by atoms with E-state index in [0.29, 0.717) is 22.2 Å². The van der Waals surface area contributed by atoms with Gasteiger partial charge in [0.15, 0.2) is 11.5 Å². The van der Waals surface area contributed by atoms with Gasteiger partial charge < -0.3 is 9.84 Å². The summed E-state index contributed by atoms with van der Waals surface area (Å²) in [5.74, 6) is 0.759. The summed E-state index contributed by atoms with van der Waals surface area (Å²) in [4.78, 5) is 2.49. The summed E-state index contributed by atoms with van der Waals surface area (Å²) in [5.41, 5.74) is 1.70. The van der Waals surface area contributed by atoms with Crippen molar-refractivity contribution in [3.8, 4) is 11.5 Å². The van der Waals surface area contributed by atoms with Gasteiger partial charge in [0.1, 0.15) is 0 Å². The topological polar surface area (TPSA) is 32.7 Å². The highest BCUT2D eigenvalue weighted by atomic mass is 79.9. The van der Waals surface area contributed by atoms with Gasteiger partial charge in [0.2, 0.25) is 0 Å². The number of phenolic OH excluding ortho intramolecular Hbond substituents is 1. The van der Waals surface area contributed by atoms with E-state index in [4.69, 9.17) is 4.74 Å². The van der Waals surface area contributed by atoms with Crippen LogP contribution in [0.15, 0.2) is 16.6 Å². The zero-order valence-electron chi connectivity index (χ0n) is 13.3. The average molecular weight is 356 g/mol. The highest BCUT2D eigenvalue weighted by Crippen LogP contribution is 2.37. The summed E-state index contributed by atoms with van der Waals surface area (Å²) in [5, 5.41) is 9.97. The van der Waals surface area contributed by atoms with Crippen molar-refractivity contribution in [1.82, 2.24) is 4.90 Å². The van der Waals surface area contributed by atoms with Gasteiger partial charge in [0.05, 0.1) is 11.1 Å². The van der Waals surface area contributed by atoms with Crippen molar-refractivity contribution < 1.29 is 9.84 Å². The molecule has 3 nitrogen and oxygen atoms in total. The molecule has 2 rings (SSSR count). The molecule has 1 heterocycles. The number of piperidine rings is 1. The minimum absolute atomic E-state index is 0.192. The lowest BCUT2D eigenvalue weighted by Crippen LogP contribution is -2.37. The van der Waals surface area contributed by atoms with Crippen LogP contribution < -0.4 is 4.74 Å². The van der Waals surface area contributed by atoms with Crippen LogP contribution in [0.3, 0.4) is 0 Å². The van der Waals surface area contributed by atoms with Gasteiger partial charge in [0, 0.05) is 6.54 Å². The molecule has 1 aliphatic heterocycles. The van der Waals surface area contributed by atoms with Crippen LogP contribution in [0.2, 0.25) is 0 Å². The van der Waals surface area contributed by atoms with Crippen molar-refractivity contribution in [1.29, 1.82) is 0 Å². The summed E-state index contributed by atoms with van der Waals surface area (Å²) >= 11 is 3.41. The molecule has 0 saturated carbocycles. The van der Waals surface area contributed by atoms with Crippen molar-refractivity contribution in [2.45, 2.75) is 46.6 Å². The second-order valence-corrected chi connectivity index (χ2v) is 7.15. The Bertz CT molecular complexity index is 482. The van der Waals surface area contributed by atoms with Gasteiger partial charge in [-0.1, -0.05) is 20.3 Å². The third-order valence-electron chi connectivity index (χ3n) is 4.71. The predicted molar refractivity (Wildman–Crippen MR) is 89.9 cm³/mol. The molecule has 1 saturated heterocycles. The van der Waals surface area contributed by atoms with Gasteiger partial charge in [0.25, 0.3) is 0 Å². The van der Waals surface area contributed by atoms with E-state index in [1.165, 1.54) is 24.8 Å². The van der Waals surface area contributed by atoms with Crippen LogP contribution in [0.1, 0.15) is 45.6 Å². The number of benzene rings is 1. The lowest BCUT2D eigenvalue weighted by atomic mass is 9.78. The molecule has 21 heavy (non-hydrogen) atoms. The van der Waals surface area contributed by atoms with Crippen LogP contribution in [0.4, 0.5) is 0 Å². The highest BCUT2D eigenvalue weighted by molar-refractivity contribution is 9.10. The van der Waals surface area contributed by atoms with E-state index in [1.54, 1.807) is 0 Å². The maximum Gasteiger partial charge on any atom is 0.172 e. The van der Waals surface area contributed by atoms with Crippen LogP contribution in [0.5, 0.6) is 11.5 Å². The molecule has 0 unspecified atom stereocenters. The van der Waals surface area contributed by atoms with Crippen molar-refractivity contribution in [2.24, 2.45) is 5.41 Å². The molecule has 0 bridgehead atoms. The Morgan fingerprint density at radius 3 is 2.52 bits per heavy atom. The minimum Gasteiger partial charge on any atom is -0.503 e. The first kappa shape index (κ1) is 16.6. The third-order valence-corrected chi connectivity index (χ3v) is 5.32. The second kappa shape index (κ2) is 7.01. The van der Waals surface area contributed by atoms with E-state index in [9.17, 15) is 5.11 Å². The number of aromatic hydroxyl groups is 1. The number of phenols is 1. The number of likely N-dealkylation sites (tertiary alicyclic amines) is 1. The van der Waals surface area contributed by atoms with E-state index in [1.807, 2.05) is 19.1 Å². The molecule has 0 atom stereocenters. The first-order chi connectivity index (χ1) is 9.97. The Kier molecular flexibility index (Phi) is 5.55. The summed E-state index contributed by atoms with van der Waals surface area (Å²) in [6.07, 6.45) is 3.79. The highest BCUT2D eigenvalue weighted by Gasteiger charge is 2.28. The number of hydrogen-bond donors (Lipinski definition) is 1. The number of halogens is 1. The SMILES string of the molecule is CCOc1cc(CN2CCC(C)(CC)CC2)cc(Br)c1O. The summed E-state index contributed by atoms with van der Waals surface area (Å²) in [6, 6.07) is 3.95. The third kappa shape index (κ3) is 4.13. The van der Waals surface area contributed by atoms with Crippen LogP contribution in [-0.4, -0.2) is 29.7 Å². The van der Waals surface area contributed by atoms with Crippen molar-refractivity contribution in [2.75, 3.05) is 19.7 Å². The number of hydrogen-bond acceptors (Lipinski definition) is 3. The normalized spacial score (nSPS) is 18.7. The molecule has 1 aromatic rings. The molecule has 1 aromatic carbocycles. The quantitative estimate of drug-likeness (QED) is 0.839. The van der Waals surface area contributed by atoms with E-state index in [-0.39, 0.29) is 5.75 Å². The Balaban J connectivity index is 2.04. The molecule has 0 amide bonds. The molecule has 0 aliphatic carbocycles. The van der Waals surface area contributed by atoms with E-state index in [2.05, 4.69) is 34.7 Å². The van der Waals surface area contributed by atoms with Crippen LogP contribution in [-0.2, 0) is 6.54 Å². The molecule has 0 radical (unpaired) electrons. The van der Waals surface area contributed by atoms with E-state index in [0.717, 1.165) is 19.6 Å². The zero-order chi connectivity index (χ0) is 15.5. The minimum atomic E-state index is 0.192. The fourth-order valence-corrected chi connectivity index (χ4v) is 3.34. The van der Waals surface area contributed by atoms with Gasteiger partial charge in [-0.05, 0) is 71.9 Å². The molecule has 0 aromatic heterocycles. The zero-order valence-corrected chi connectivity index (χ0v) is 14.9. The molecule has 1 N–H and O–H groups in total. The lowest BCUT2D eigenvalue weighted by Gasteiger charge is -2.39. The smallest absolute Gasteiger partial charge is 0.172 e. The maximum absolute atomic E-state index is 9.97. The van der Waals surface area contributed by atoms with Gasteiger partial charge in [-0.2, -0.15) is 0 Å². The molecular formula is C17H26BrNO2. The Morgan fingerprint density at radius 2 is 1.95 bits per heavy atom. The first-order valence-corrected chi connectivity index (χ1v) is 8.63. The Morgan fingerprint density at radius 1 is 1.29 bits per heavy atom. The average Bonchev–Trinajstić information content (AvgIpc) is 2.47. The number of nitrogens with zero attached hydrogens (tertiary/aromatic N) is 1. The number of ether oxygens (including phenoxy) is 1. The van der Waals surface area contributed by atoms with Crippen LogP contribution >= 0.6 is 15.9 Å². The molecular weight excluding hydrogens is 330 g/mol. The van der Waals surface area contributed by atoms with Gasteiger partial charge in [-0.3, -0.25) is 4.90 Å². The van der Waals surface area contributed by atoms with Crippen LogP contribution in [0, 0.1) is 5.41 Å². The molecule has 1 aliphatic rings. The predicted octanol–water partition coefficient (Wildman–Crippen LogP) is 4.57. The Labute approximate surface area is 136 Å².